The number of nitrogens with one attached hydrogen (secondary N) is 1. The van der Waals surface area contributed by atoms with Gasteiger partial charge in [0.05, 0.1) is 6.61 Å². The van der Waals surface area contributed by atoms with Crippen molar-refractivity contribution in [1.29, 1.82) is 0 Å². The molecule has 0 unspecified atom stereocenters. The van der Waals surface area contributed by atoms with Crippen molar-refractivity contribution < 1.29 is 38.8 Å². The SMILES string of the molecule is O=C(O)/C=C/CC[C@H](Oc1ccccc1)[C@@H](OC(=O)NC(=O)c1ccccc1)c1ccc(OCCO)cc1. The number of aliphatic hydroxyl groups excluding tert-OH is 1. The first-order chi connectivity index (χ1) is 18.5. The number of aliphatic carboxylic acids is 1. The van der Waals surface area contributed by atoms with Crippen molar-refractivity contribution in [2.75, 3.05) is 13.2 Å². The number of benzene rings is 3. The van der Waals surface area contributed by atoms with Crippen molar-refractivity contribution in [2.45, 2.75) is 25.0 Å². The molecule has 0 aliphatic carbocycles. The minimum Gasteiger partial charge on any atom is -0.491 e. The maximum Gasteiger partial charge on any atom is 0.414 e. The Hall–Kier alpha value is -4.63. The van der Waals surface area contributed by atoms with E-state index in [2.05, 4.69) is 5.32 Å². The number of carboxylic acid groups (broad SMARTS) is 1. The minimum absolute atomic E-state index is 0.124. The first-order valence-corrected chi connectivity index (χ1v) is 12.0. The summed E-state index contributed by atoms with van der Waals surface area (Å²) >= 11 is 0. The molecular formula is C29H29NO8. The molecule has 0 spiro atoms. The highest BCUT2D eigenvalue weighted by atomic mass is 16.6. The van der Waals surface area contributed by atoms with Crippen LogP contribution in [0.1, 0.15) is 34.9 Å². The molecule has 9 heteroatoms. The molecule has 2 amide bonds. The molecule has 3 N–H and O–H groups in total. The number of alkyl carbamates (subject to hydrolysis) is 1. The molecule has 2 atom stereocenters. The highest BCUT2D eigenvalue weighted by molar-refractivity contribution is 6.02. The highest BCUT2D eigenvalue weighted by Gasteiger charge is 2.29. The summed E-state index contributed by atoms with van der Waals surface area (Å²) in [6.07, 6.45) is 0.478. The molecule has 0 aliphatic heterocycles. The molecular weight excluding hydrogens is 490 g/mol. The molecule has 3 rings (SSSR count). The number of aliphatic hydroxyl groups is 1. The van der Waals surface area contributed by atoms with Gasteiger partial charge in [-0.3, -0.25) is 10.1 Å². The van der Waals surface area contributed by atoms with Gasteiger partial charge in [-0.1, -0.05) is 54.6 Å². The van der Waals surface area contributed by atoms with E-state index in [1.807, 2.05) is 6.07 Å². The Morgan fingerprint density at radius 2 is 1.53 bits per heavy atom. The Morgan fingerprint density at radius 1 is 0.868 bits per heavy atom. The summed E-state index contributed by atoms with van der Waals surface area (Å²) < 4.78 is 17.4. The summed E-state index contributed by atoms with van der Waals surface area (Å²) in [5.41, 5.74) is 0.856. The smallest absolute Gasteiger partial charge is 0.414 e. The predicted octanol–water partition coefficient (Wildman–Crippen LogP) is 4.53. The summed E-state index contributed by atoms with van der Waals surface area (Å²) in [6, 6.07) is 23.9. The lowest BCUT2D eigenvalue weighted by atomic mass is 10.00. The molecule has 3 aromatic carbocycles. The number of hydrogen-bond donors (Lipinski definition) is 3. The number of carbonyl (C=O) groups is 3. The quantitative estimate of drug-likeness (QED) is 0.281. The second kappa shape index (κ2) is 14.8. The zero-order valence-electron chi connectivity index (χ0n) is 20.6. The zero-order chi connectivity index (χ0) is 27.2. The maximum atomic E-state index is 12.8. The standard InChI is InChI=1S/C29H29NO8/c31-19-20-36-23-17-15-21(16-18-23)27(38-29(35)30-28(34)22-9-3-1-4-10-22)25(13-7-8-14-26(32)33)37-24-11-5-2-6-12-24/h1-6,8-12,14-18,25,27,31H,7,13,19-20H2,(H,32,33)(H,30,34,35)/b14-8+/t25-,27-/m0/s1. The van der Waals surface area contributed by atoms with Gasteiger partial charge in [0.15, 0.2) is 6.10 Å². The molecule has 0 aromatic heterocycles. The number of rotatable bonds is 13. The van der Waals surface area contributed by atoms with E-state index in [9.17, 15) is 14.4 Å². The third kappa shape index (κ3) is 9.11. The van der Waals surface area contributed by atoms with Gasteiger partial charge < -0.3 is 24.4 Å². The highest BCUT2D eigenvalue weighted by Crippen LogP contribution is 2.30. The zero-order valence-corrected chi connectivity index (χ0v) is 20.6. The first kappa shape index (κ1) is 27.9. The molecule has 198 valence electrons. The Balaban J connectivity index is 1.87. The van der Waals surface area contributed by atoms with Crippen LogP contribution >= 0.6 is 0 Å². The third-order valence-corrected chi connectivity index (χ3v) is 5.30. The molecule has 0 aliphatic rings. The first-order valence-electron chi connectivity index (χ1n) is 12.0. The van der Waals surface area contributed by atoms with Crippen molar-refractivity contribution in [2.24, 2.45) is 0 Å². The van der Waals surface area contributed by atoms with Crippen molar-refractivity contribution in [3.8, 4) is 11.5 Å². The van der Waals surface area contributed by atoms with Gasteiger partial charge in [0, 0.05) is 11.6 Å². The molecule has 0 fully saturated rings. The van der Waals surface area contributed by atoms with Crippen molar-refractivity contribution in [3.05, 3.63) is 108 Å². The van der Waals surface area contributed by atoms with Gasteiger partial charge in [0.1, 0.15) is 24.2 Å². The predicted molar refractivity (Wildman–Crippen MR) is 139 cm³/mol. The summed E-state index contributed by atoms with van der Waals surface area (Å²) in [6.45, 7) is -0.0150. The lowest BCUT2D eigenvalue weighted by molar-refractivity contribution is -0.131. The van der Waals surface area contributed by atoms with Crippen LogP contribution in [0.15, 0.2) is 97.1 Å². The van der Waals surface area contributed by atoms with Gasteiger partial charge in [0.25, 0.3) is 5.91 Å². The number of allylic oxidation sites excluding steroid dienone is 1. The van der Waals surface area contributed by atoms with Crippen LogP contribution < -0.4 is 14.8 Å². The maximum absolute atomic E-state index is 12.8. The van der Waals surface area contributed by atoms with Crippen molar-refractivity contribution >= 4 is 18.0 Å². The molecule has 3 aromatic rings. The van der Waals surface area contributed by atoms with Gasteiger partial charge in [-0.15, -0.1) is 0 Å². The van der Waals surface area contributed by atoms with Crippen LogP contribution in [0.4, 0.5) is 4.79 Å². The number of hydrogen-bond acceptors (Lipinski definition) is 7. The van der Waals surface area contributed by atoms with E-state index in [1.54, 1.807) is 78.9 Å². The number of imide groups is 1. The van der Waals surface area contributed by atoms with E-state index >= 15 is 0 Å². The van der Waals surface area contributed by atoms with Crippen molar-refractivity contribution in [1.82, 2.24) is 5.32 Å². The lowest BCUT2D eigenvalue weighted by Gasteiger charge is -2.28. The van der Waals surface area contributed by atoms with Crippen LogP contribution in [-0.2, 0) is 9.53 Å². The molecule has 38 heavy (non-hydrogen) atoms. The van der Waals surface area contributed by atoms with E-state index in [4.69, 9.17) is 24.4 Å². The van der Waals surface area contributed by atoms with E-state index in [1.165, 1.54) is 6.08 Å². The van der Waals surface area contributed by atoms with Gasteiger partial charge in [-0.05, 0) is 54.8 Å². The summed E-state index contributed by atoms with van der Waals surface area (Å²) in [5, 5.41) is 20.2. The van der Waals surface area contributed by atoms with E-state index in [-0.39, 0.29) is 13.2 Å². The minimum atomic E-state index is -1.07. The number of para-hydroxylation sites is 1. The monoisotopic (exact) mass is 519 g/mol. The van der Waals surface area contributed by atoms with Gasteiger partial charge in [-0.2, -0.15) is 0 Å². The van der Waals surface area contributed by atoms with Gasteiger partial charge >= 0.3 is 12.1 Å². The number of carbonyl (C=O) groups excluding carboxylic acids is 2. The van der Waals surface area contributed by atoms with E-state index in [0.29, 0.717) is 35.5 Å². The van der Waals surface area contributed by atoms with E-state index in [0.717, 1.165) is 6.08 Å². The molecule has 9 nitrogen and oxygen atoms in total. The topological polar surface area (TPSA) is 131 Å². The third-order valence-electron chi connectivity index (χ3n) is 5.30. The second-order valence-electron chi connectivity index (χ2n) is 8.07. The summed E-state index contributed by atoms with van der Waals surface area (Å²) in [5.74, 6) is -0.658. The Labute approximate surface area is 220 Å². The molecule has 0 heterocycles. The molecule has 0 bridgehead atoms. The number of ether oxygens (including phenoxy) is 3. The fourth-order valence-corrected chi connectivity index (χ4v) is 3.57. The van der Waals surface area contributed by atoms with Crippen molar-refractivity contribution in [3.63, 3.8) is 0 Å². The molecule has 0 saturated heterocycles. The Morgan fingerprint density at radius 3 is 2.16 bits per heavy atom. The number of amides is 2. The van der Waals surface area contributed by atoms with Crippen LogP contribution in [0.25, 0.3) is 0 Å². The van der Waals surface area contributed by atoms with Gasteiger partial charge in [-0.25, -0.2) is 9.59 Å². The summed E-state index contributed by atoms with van der Waals surface area (Å²) in [7, 11) is 0. The lowest BCUT2D eigenvalue weighted by Crippen LogP contribution is -2.36. The van der Waals surface area contributed by atoms with Crippen LogP contribution in [-0.4, -0.2) is 47.5 Å². The van der Waals surface area contributed by atoms with Crippen LogP contribution in [0.3, 0.4) is 0 Å². The van der Waals surface area contributed by atoms with Gasteiger partial charge in [0.2, 0.25) is 0 Å². The van der Waals surface area contributed by atoms with Crippen LogP contribution in [0.5, 0.6) is 11.5 Å². The Kier molecular flexibility index (Phi) is 10.9. The fraction of sp³-hybridized carbons (Fsp3) is 0.207. The van der Waals surface area contributed by atoms with Crippen LogP contribution in [0.2, 0.25) is 0 Å². The normalized spacial score (nSPS) is 12.3. The van der Waals surface area contributed by atoms with Crippen LogP contribution in [0, 0.1) is 0 Å². The fourth-order valence-electron chi connectivity index (χ4n) is 3.57. The average molecular weight is 520 g/mol. The summed E-state index contributed by atoms with van der Waals surface area (Å²) in [4.78, 5) is 36.3. The average Bonchev–Trinajstić information content (AvgIpc) is 2.93. The molecule has 0 radical (unpaired) electrons. The molecule has 0 saturated carbocycles. The number of carboxylic acids is 1. The Bertz CT molecular complexity index is 1200. The largest absolute Gasteiger partial charge is 0.491 e. The second-order valence-corrected chi connectivity index (χ2v) is 8.07. The van der Waals surface area contributed by atoms with E-state index < -0.39 is 30.2 Å².